The molecule has 0 radical (unpaired) electrons. The van der Waals surface area contributed by atoms with Crippen LogP contribution in [0.15, 0.2) is 48.5 Å². The van der Waals surface area contributed by atoms with E-state index in [0.29, 0.717) is 18.7 Å². The van der Waals surface area contributed by atoms with Crippen molar-refractivity contribution in [3.63, 3.8) is 0 Å². The fourth-order valence-corrected chi connectivity index (χ4v) is 3.44. The van der Waals surface area contributed by atoms with Crippen LogP contribution in [-0.4, -0.2) is 30.0 Å². The summed E-state index contributed by atoms with van der Waals surface area (Å²) in [5.74, 6) is 0.466. The molecule has 1 fully saturated rings. The second-order valence-electron chi connectivity index (χ2n) is 7.35. The molecule has 2 aromatic carbocycles. The van der Waals surface area contributed by atoms with Crippen molar-refractivity contribution < 1.29 is 13.9 Å². The normalized spacial score (nSPS) is 17.7. The van der Waals surface area contributed by atoms with Gasteiger partial charge in [-0.25, -0.2) is 4.39 Å². The number of hydrogen-bond acceptors (Lipinski definition) is 3. The molecule has 27 heavy (non-hydrogen) atoms. The third kappa shape index (κ3) is 5.54. The lowest BCUT2D eigenvalue weighted by Gasteiger charge is -2.32. The fourth-order valence-electron chi connectivity index (χ4n) is 3.44. The van der Waals surface area contributed by atoms with E-state index in [9.17, 15) is 9.18 Å². The predicted octanol–water partition coefficient (Wildman–Crippen LogP) is 4.46. The molecule has 0 saturated carbocycles. The van der Waals surface area contributed by atoms with E-state index >= 15 is 0 Å². The summed E-state index contributed by atoms with van der Waals surface area (Å²) in [5, 5.41) is 3.00. The van der Waals surface area contributed by atoms with Gasteiger partial charge in [0.15, 0.2) is 0 Å². The van der Waals surface area contributed by atoms with E-state index in [-0.39, 0.29) is 23.7 Å². The second-order valence-corrected chi connectivity index (χ2v) is 7.35. The number of hydrogen-bond donors (Lipinski definition) is 1. The lowest BCUT2D eigenvalue weighted by molar-refractivity contribution is -0.121. The van der Waals surface area contributed by atoms with Crippen molar-refractivity contribution >= 4 is 11.6 Å². The Labute approximate surface area is 160 Å². The van der Waals surface area contributed by atoms with Crippen LogP contribution in [0.1, 0.15) is 32.3 Å². The van der Waals surface area contributed by atoms with Crippen LogP contribution in [0, 0.1) is 11.7 Å². The van der Waals surface area contributed by atoms with Crippen LogP contribution in [0.2, 0.25) is 0 Å². The molecule has 3 rings (SSSR count). The Morgan fingerprint density at radius 2 is 2.07 bits per heavy atom. The maximum absolute atomic E-state index is 13.9. The molecule has 1 amide bonds. The quantitative estimate of drug-likeness (QED) is 0.816. The van der Waals surface area contributed by atoms with E-state index in [1.165, 1.54) is 6.07 Å². The van der Waals surface area contributed by atoms with Crippen LogP contribution in [0.4, 0.5) is 10.1 Å². The number of ether oxygens (including phenoxy) is 1. The summed E-state index contributed by atoms with van der Waals surface area (Å²) >= 11 is 0. The van der Waals surface area contributed by atoms with Crippen molar-refractivity contribution in [1.29, 1.82) is 0 Å². The van der Waals surface area contributed by atoms with Crippen molar-refractivity contribution in [3.8, 4) is 5.75 Å². The van der Waals surface area contributed by atoms with E-state index in [4.69, 9.17) is 4.74 Å². The Hall–Kier alpha value is -2.40. The minimum atomic E-state index is -0.189. The van der Waals surface area contributed by atoms with Crippen molar-refractivity contribution in [3.05, 3.63) is 59.9 Å². The molecule has 1 saturated heterocycles. The first-order chi connectivity index (χ1) is 13.0. The average molecular weight is 370 g/mol. The molecule has 0 aromatic heterocycles. The van der Waals surface area contributed by atoms with Crippen LogP contribution < -0.4 is 10.1 Å². The highest BCUT2D eigenvalue weighted by atomic mass is 19.1. The number of amides is 1. The largest absolute Gasteiger partial charge is 0.491 e. The number of piperidine rings is 1. The van der Waals surface area contributed by atoms with Crippen molar-refractivity contribution in [1.82, 2.24) is 4.90 Å². The Bertz CT molecular complexity index is 778. The number of carbonyl (C=O) groups is 1. The zero-order valence-corrected chi connectivity index (χ0v) is 16.0. The van der Waals surface area contributed by atoms with E-state index in [1.54, 1.807) is 12.1 Å². The summed E-state index contributed by atoms with van der Waals surface area (Å²) in [6.45, 7) is 6.00. The average Bonchev–Trinajstić information content (AvgIpc) is 2.64. The number of anilines is 1. The van der Waals surface area contributed by atoms with Gasteiger partial charge in [0, 0.05) is 30.4 Å². The molecular weight excluding hydrogens is 343 g/mol. The van der Waals surface area contributed by atoms with Crippen LogP contribution >= 0.6 is 0 Å². The zero-order chi connectivity index (χ0) is 19.2. The van der Waals surface area contributed by atoms with Gasteiger partial charge in [-0.05, 0) is 51.4 Å². The van der Waals surface area contributed by atoms with E-state index in [1.807, 2.05) is 44.2 Å². The number of nitrogens with zero attached hydrogens (tertiary/aromatic N) is 1. The van der Waals surface area contributed by atoms with Gasteiger partial charge in [0.05, 0.1) is 12.0 Å². The number of benzene rings is 2. The monoisotopic (exact) mass is 370 g/mol. The van der Waals surface area contributed by atoms with E-state index in [0.717, 1.165) is 30.8 Å². The summed E-state index contributed by atoms with van der Waals surface area (Å²) in [4.78, 5) is 14.9. The zero-order valence-electron chi connectivity index (χ0n) is 16.0. The molecule has 1 unspecified atom stereocenters. The Kier molecular flexibility index (Phi) is 6.45. The maximum atomic E-state index is 13.9. The van der Waals surface area contributed by atoms with Crippen LogP contribution in [0.5, 0.6) is 5.75 Å². The third-order valence-electron chi connectivity index (χ3n) is 4.70. The van der Waals surface area contributed by atoms with Gasteiger partial charge >= 0.3 is 0 Å². The molecule has 1 aliphatic heterocycles. The standard InChI is InChI=1S/C22H27FN2O2/c1-16(2)27-20-10-5-9-19(13-20)24-22(26)18-8-6-12-25(15-18)14-17-7-3-4-11-21(17)23/h3-5,7,9-11,13,16,18H,6,8,12,14-15H2,1-2H3,(H,24,26). The van der Waals surface area contributed by atoms with Gasteiger partial charge in [-0.1, -0.05) is 24.3 Å². The number of nitrogens with one attached hydrogen (secondary N) is 1. The first kappa shape index (κ1) is 19.4. The SMILES string of the molecule is CC(C)Oc1cccc(NC(=O)C2CCCN(Cc3ccccc3F)C2)c1. The van der Waals surface area contributed by atoms with Crippen LogP contribution in [-0.2, 0) is 11.3 Å². The predicted molar refractivity (Wildman–Crippen MR) is 105 cm³/mol. The lowest BCUT2D eigenvalue weighted by atomic mass is 9.96. The van der Waals surface area contributed by atoms with Gasteiger partial charge in [0.1, 0.15) is 11.6 Å². The highest BCUT2D eigenvalue weighted by molar-refractivity contribution is 5.92. The molecule has 1 heterocycles. The molecular formula is C22H27FN2O2. The number of carbonyl (C=O) groups excluding carboxylic acids is 1. The topological polar surface area (TPSA) is 41.6 Å². The first-order valence-corrected chi connectivity index (χ1v) is 9.54. The Morgan fingerprint density at radius 3 is 2.85 bits per heavy atom. The minimum absolute atomic E-state index is 0.00919. The fraction of sp³-hybridized carbons (Fsp3) is 0.409. The number of rotatable bonds is 6. The van der Waals surface area contributed by atoms with Gasteiger partial charge in [-0.15, -0.1) is 0 Å². The molecule has 4 nitrogen and oxygen atoms in total. The lowest BCUT2D eigenvalue weighted by Crippen LogP contribution is -2.40. The van der Waals surface area contributed by atoms with Gasteiger partial charge in [-0.2, -0.15) is 0 Å². The summed E-state index contributed by atoms with van der Waals surface area (Å²) in [6, 6.07) is 14.3. The Balaban J connectivity index is 1.59. The van der Waals surface area contributed by atoms with Crippen LogP contribution in [0.3, 0.4) is 0 Å². The van der Waals surface area contributed by atoms with Crippen LogP contribution in [0.25, 0.3) is 0 Å². The van der Waals surface area contributed by atoms with Crippen molar-refractivity contribution in [2.45, 2.75) is 39.3 Å². The molecule has 144 valence electrons. The highest BCUT2D eigenvalue weighted by Gasteiger charge is 2.26. The summed E-state index contributed by atoms with van der Waals surface area (Å²) in [7, 11) is 0. The first-order valence-electron chi connectivity index (χ1n) is 9.54. The summed E-state index contributed by atoms with van der Waals surface area (Å²) in [5.41, 5.74) is 1.42. The molecule has 0 aliphatic carbocycles. The Morgan fingerprint density at radius 1 is 1.26 bits per heavy atom. The second kappa shape index (κ2) is 9.00. The number of halogens is 1. The molecule has 1 aliphatic rings. The van der Waals surface area contributed by atoms with Gasteiger partial charge in [0.25, 0.3) is 0 Å². The van der Waals surface area contributed by atoms with E-state index in [2.05, 4.69) is 10.2 Å². The maximum Gasteiger partial charge on any atom is 0.228 e. The molecule has 5 heteroatoms. The summed E-state index contributed by atoms with van der Waals surface area (Å²) in [6.07, 6.45) is 1.87. The molecule has 0 spiro atoms. The summed E-state index contributed by atoms with van der Waals surface area (Å²) < 4.78 is 19.6. The minimum Gasteiger partial charge on any atom is -0.491 e. The van der Waals surface area contributed by atoms with Crippen molar-refractivity contribution in [2.24, 2.45) is 5.92 Å². The molecule has 1 atom stereocenters. The molecule has 2 aromatic rings. The van der Waals surface area contributed by atoms with Gasteiger partial charge in [0.2, 0.25) is 5.91 Å². The molecule has 1 N–H and O–H groups in total. The molecule has 0 bridgehead atoms. The highest BCUT2D eigenvalue weighted by Crippen LogP contribution is 2.23. The number of likely N-dealkylation sites (tertiary alicyclic amines) is 1. The smallest absolute Gasteiger partial charge is 0.228 e. The van der Waals surface area contributed by atoms with E-state index < -0.39 is 0 Å². The van der Waals surface area contributed by atoms with Gasteiger partial charge < -0.3 is 10.1 Å². The third-order valence-corrected chi connectivity index (χ3v) is 4.70. The van der Waals surface area contributed by atoms with Gasteiger partial charge in [-0.3, -0.25) is 9.69 Å². The van der Waals surface area contributed by atoms with Crippen molar-refractivity contribution in [2.75, 3.05) is 18.4 Å².